The Bertz CT molecular complexity index is 1370. The molecule has 1 atom stereocenters. The molecule has 1 aliphatic rings. The summed E-state index contributed by atoms with van der Waals surface area (Å²) in [5.74, 6) is -1.61. The number of halogens is 2. The van der Waals surface area contributed by atoms with Gasteiger partial charge in [0.15, 0.2) is 0 Å². The molecule has 11 heteroatoms. The smallest absolute Gasteiger partial charge is 0.337 e. The number of ether oxygens (including phenoxy) is 3. The Morgan fingerprint density at radius 1 is 0.923 bits per heavy atom. The Labute approximate surface area is 226 Å². The number of benzene rings is 3. The van der Waals surface area contributed by atoms with Crippen LogP contribution in [0.15, 0.2) is 71.6 Å². The van der Waals surface area contributed by atoms with Crippen LogP contribution >= 0.6 is 0 Å². The van der Waals surface area contributed by atoms with E-state index in [0.29, 0.717) is 37.0 Å². The number of rotatable bonds is 10. The summed E-state index contributed by atoms with van der Waals surface area (Å²) in [5, 5.41) is 0. The van der Waals surface area contributed by atoms with Gasteiger partial charge < -0.3 is 14.2 Å². The van der Waals surface area contributed by atoms with Crippen LogP contribution in [0.3, 0.4) is 0 Å². The number of esters is 1. The van der Waals surface area contributed by atoms with Crippen LogP contribution < -0.4 is 4.74 Å². The first-order valence-corrected chi connectivity index (χ1v) is 13.7. The second kappa shape index (κ2) is 12.6. The Morgan fingerprint density at radius 2 is 1.59 bits per heavy atom. The summed E-state index contributed by atoms with van der Waals surface area (Å²) in [5.41, 5.74) is 2.21. The molecule has 0 radical (unpaired) electrons. The van der Waals surface area contributed by atoms with Crippen molar-refractivity contribution in [3.05, 3.63) is 95.1 Å². The fourth-order valence-corrected chi connectivity index (χ4v) is 5.83. The second-order valence-corrected chi connectivity index (χ2v) is 11.0. The van der Waals surface area contributed by atoms with Gasteiger partial charge in [-0.05, 0) is 47.5 Å². The van der Waals surface area contributed by atoms with Crippen LogP contribution in [0, 0.1) is 11.6 Å². The zero-order valence-corrected chi connectivity index (χ0v) is 22.5. The van der Waals surface area contributed by atoms with Crippen LogP contribution in [0.4, 0.5) is 8.78 Å². The van der Waals surface area contributed by atoms with Crippen LogP contribution in [0.2, 0.25) is 0 Å². The van der Waals surface area contributed by atoms with Crippen molar-refractivity contribution in [2.75, 3.05) is 46.9 Å². The molecule has 1 aliphatic heterocycles. The maximum atomic E-state index is 13.6. The lowest BCUT2D eigenvalue weighted by molar-refractivity contribution is 0.00761. The number of sulfonamides is 1. The highest BCUT2D eigenvalue weighted by Gasteiger charge is 2.30. The minimum atomic E-state index is -4.03. The van der Waals surface area contributed by atoms with Crippen molar-refractivity contribution in [3.63, 3.8) is 0 Å². The monoisotopic (exact) mass is 560 g/mol. The molecular weight excluding hydrogens is 530 g/mol. The maximum absolute atomic E-state index is 13.6. The molecule has 8 nitrogen and oxygen atoms in total. The molecule has 0 bridgehead atoms. The van der Waals surface area contributed by atoms with E-state index in [9.17, 15) is 22.0 Å². The van der Waals surface area contributed by atoms with Crippen molar-refractivity contribution in [3.8, 4) is 5.75 Å². The van der Waals surface area contributed by atoms with E-state index in [0.717, 1.165) is 23.3 Å². The molecule has 3 aromatic carbocycles. The second-order valence-electron chi connectivity index (χ2n) is 9.07. The van der Waals surface area contributed by atoms with Gasteiger partial charge in [0, 0.05) is 38.8 Å². The van der Waals surface area contributed by atoms with E-state index in [2.05, 4.69) is 4.90 Å². The van der Waals surface area contributed by atoms with Gasteiger partial charge in [-0.1, -0.05) is 24.3 Å². The molecule has 39 heavy (non-hydrogen) atoms. The molecule has 1 heterocycles. The van der Waals surface area contributed by atoms with Crippen LogP contribution in [0.5, 0.6) is 5.75 Å². The number of piperazine rings is 1. The summed E-state index contributed by atoms with van der Waals surface area (Å²) in [6.07, 6.45) is -0.360. The molecule has 0 saturated carbocycles. The molecule has 4 rings (SSSR count). The highest BCUT2D eigenvalue weighted by Crippen LogP contribution is 2.26. The predicted octanol–water partition coefficient (Wildman–Crippen LogP) is 4.02. The lowest BCUT2D eigenvalue weighted by Crippen LogP contribution is -2.49. The summed E-state index contributed by atoms with van der Waals surface area (Å²) in [4.78, 5) is 13.4. The predicted molar refractivity (Wildman–Crippen MR) is 140 cm³/mol. The summed E-state index contributed by atoms with van der Waals surface area (Å²) in [7, 11) is -1.12. The normalized spacial score (nSPS) is 15.6. The van der Waals surface area contributed by atoms with E-state index in [1.165, 1.54) is 11.4 Å². The van der Waals surface area contributed by atoms with Crippen LogP contribution in [0.1, 0.15) is 27.6 Å². The van der Waals surface area contributed by atoms with Crippen LogP contribution in [-0.4, -0.2) is 70.5 Å². The first-order valence-electron chi connectivity index (χ1n) is 12.3. The number of carbonyl (C=O) groups is 1. The molecule has 0 amide bonds. The molecule has 1 fully saturated rings. The number of nitrogens with zero attached hydrogens (tertiary/aromatic N) is 2. The van der Waals surface area contributed by atoms with Gasteiger partial charge in [-0.3, -0.25) is 4.90 Å². The Kier molecular flexibility index (Phi) is 9.28. The SMILES string of the molecule is COC(=O)c1ccc(COC(CN2CCN(S(=O)(=O)c3cc(F)cc(F)c3)CC2)c2cccc(OC)c2)cc1. The summed E-state index contributed by atoms with van der Waals surface area (Å²) in [6.45, 7) is 1.92. The molecule has 0 N–H and O–H groups in total. The standard InChI is InChI=1S/C28H30F2N2O6S/c1-36-25-5-3-4-22(14-25)27(38-19-20-6-8-21(9-7-20)28(33)37-2)18-31-10-12-32(13-11-31)39(34,35)26-16-23(29)15-24(30)17-26/h3-9,14-17,27H,10-13,18-19H2,1-2H3. The minimum absolute atomic E-state index is 0.167. The van der Waals surface area contributed by atoms with Crippen LogP contribution in [0.25, 0.3) is 0 Å². The lowest BCUT2D eigenvalue weighted by atomic mass is 10.1. The van der Waals surface area contributed by atoms with Crippen molar-refractivity contribution < 1.29 is 36.2 Å². The van der Waals surface area contributed by atoms with E-state index < -0.39 is 32.5 Å². The van der Waals surface area contributed by atoms with E-state index in [1.54, 1.807) is 31.4 Å². The zero-order valence-electron chi connectivity index (χ0n) is 21.7. The Morgan fingerprint density at radius 3 is 2.21 bits per heavy atom. The number of hydrogen-bond acceptors (Lipinski definition) is 7. The molecule has 0 spiro atoms. The quantitative estimate of drug-likeness (QED) is 0.346. The number of hydrogen-bond donors (Lipinski definition) is 0. The fraction of sp³-hybridized carbons (Fsp3) is 0.321. The first-order chi connectivity index (χ1) is 18.7. The third-order valence-corrected chi connectivity index (χ3v) is 8.40. The molecule has 0 aliphatic carbocycles. The van der Waals surface area contributed by atoms with Gasteiger partial charge in [0.25, 0.3) is 0 Å². The van der Waals surface area contributed by atoms with Crippen molar-refractivity contribution in [2.24, 2.45) is 0 Å². The van der Waals surface area contributed by atoms with E-state index >= 15 is 0 Å². The van der Waals surface area contributed by atoms with Gasteiger partial charge in [0.1, 0.15) is 17.4 Å². The number of methoxy groups -OCH3 is 2. The van der Waals surface area contributed by atoms with E-state index in [1.807, 2.05) is 24.3 Å². The third-order valence-electron chi connectivity index (χ3n) is 6.52. The topological polar surface area (TPSA) is 85.4 Å². The highest BCUT2D eigenvalue weighted by atomic mass is 32.2. The maximum Gasteiger partial charge on any atom is 0.337 e. The van der Waals surface area contributed by atoms with Gasteiger partial charge in [-0.15, -0.1) is 0 Å². The van der Waals surface area contributed by atoms with Gasteiger partial charge >= 0.3 is 5.97 Å². The van der Waals surface area contributed by atoms with Gasteiger partial charge in [0.2, 0.25) is 10.0 Å². The zero-order chi connectivity index (χ0) is 28.0. The van der Waals surface area contributed by atoms with Crippen molar-refractivity contribution in [1.82, 2.24) is 9.21 Å². The van der Waals surface area contributed by atoms with Crippen molar-refractivity contribution >= 4 is 16.0 Å². The average Bonchev–Trinajstić information content (AvgIpc) is 2.95. The Balaban J connectivity index is 1.44. The molecular formula is C28H30F2N2O6S. The molecule has 1 unspecified atom stereocenters. The van der Waals surface area contributed by atoms with Crippen molar-refractivity contribution in [1.29, 1.82) is 0 Å². The first kappa shape index (κ1) is 28.6. The van der Waals surface area contributed by atoms with E-state index in [4.69, 9.17) is 14.2 Å². The fourth-order valence-electron chi connectivity index (χ4n) is 4.36. The molecule has 0 aromatic heterocycles. The average molecular weight is 561 g/mol. The van der Waals surface area contributed by atoms with E-state index in [-0.39, 0.29) is 25.8 Å². The van der Waals surface area contributed by atoms with Gasteiger partial charge in [-0.25, -0.2) is 22.0 Å². The third kappa shape index (κ3) is 7.18. The highest BCUT2D eigenvalue weighted by molar-refractivity contribution is 7.89. The van der Waals surface area contributed by atoms with Gasteiger partial charge in [0.05, 0.1) is 37.4 Å². The van der Waals surface area contributed by atoms with Crippen LogP contribution in [-0.2, 0) is 26.1 Å². The molecule has 208 valence electrons. The molecule has 1 saturated heterocycles. The summed E-state index contributed by atoms with van der Waals surface area (Å²) >= 11 is 0. The molecule has 3 aromatic rings. The minimum Gasteiger partial charge on any atom is -0.497 e. The largest absolute Gasteiger partial charge is 0.497 e. The van der Waals surface area contributed by atoms with Gasteiger partial charge in [-0.2, -0.15) is 4.31 Å². The lowest BCUT2D eigenvalue weighted by Gasteiger charge is -2.36. The summed E-state index contributed by atoms with van der Waals surface area (Å²) in [6, 6.07) is 16.8. The number of carbonyl (C=O) groups excluding carboxylic acids is 1. The summed E-state index contributed by atoms with van der Waals surface area (Å²) < 4.78 is 70.9. The Hall–Kier alpha value is -3.38. The van der Waals surface area contributed by atoms with Crippen molar-refractivity contribution in [2.45, 2.75) is 17.6 Å².